The summed E-state index contributed by atoms with van der Waals surface area (Å²) in [6.07, 6.45) is 3.07. The lowest BCUT2D eigenvalue weighted by Gasteiger charge is -2.07. The number of carbonyl (C=O) groups excluding carboxylic acids is 1. The summed E-state index contributed by atoms with van der Waals surface area (Å²) in [6, 6.07) is 9.51. The highest BCUT2D eigenvalue weighted by Crippen LogP contribution is 2.15. The van der Waals surface area contributed by atoms with Gasteiger partial charge in [0.05, 0.1) is 4.92 Å². The molecule has 0 spiro atoms. The predicted molar refractivity (Wildman–Crippen MR) is 90.8 cm³/mol. The number of nitrogens with zero attached hydrogens (tertiary/aromatic N) is 1. The molecule has 0 aliphatic rings. The Balaban J connectivity index is 1.87. The van der Waals surface area contributed by atoms with E-state index in [0.717, 1.165) is 4.88 Å². The van der Waals surface area contributed by atoms with E-state index in [2.05, 4.69) is 10.6 Å². The van der Waals surface area contributed by atoms with E-state index in [4.69, 9.17) is 12.2 Å². The first-order chi connectivity index (χ1) is 10.5. The molecule has 2 N–H and O–H groups in total. The zero-order valence-electron chi connectivity index (χ0n) is 11.2. The minimum atomic E-state index is -0.487. The Morgan fingerprint density at radius 3 is 2.59 bits per heavy atom. The second kappa shape index (κ2) is 7.43. The van der Waals surface area contributed by atoms with Crippen LogP contribution in [-0.2, 0) is 4.79 Å². The molecule has 0 atom stereocenters. The number of hydrogen-bond donors (Lipinski definition) is 2. The van der Waals surface area contributed by atoms with E-state index in [1.165, 1.54) is 41.7 Å². The second-order valence-corrected chi connectivity index (χ2v) is 5.48. The third-order valence-corrected chi connectivity index (χ3v) is 3.56. The number of carbonyl (C=O) groups is 1. The van der Waals surface area contributed by atoms with Crippen molar-refractivity contribution in [2.45, 2.75) is 0 Å². The number of thiophene rings is 1. The molecule has 1 aromatic carbocycles. The fraction of sp³-hybridized carbons (Fsp3) is 0. The van der Waals surface area contributed by atoms with Crippen LogP contribution < -0.4 is 10.6 Å². The Morgan fingerprint density at radius 1 is 1.27 bits per heavy atom. The van der Waals surface area contributed by atoms with E-state index in [1.807, 2.05) is 17.5 Å². The first-order valence-corrected chi connectivity index (χ1v) is 7.41. The van der Waals surface area contributed by atoms with E-state index >= 15 is 0 Å². The molecule has 0 unspecified atom stereocenters. The molecule has 2 rings (SSSR count). The van der Waals surface area contributed by atoms with Crippen molar-refractivity contribution in [3.8, 4) is 0 Å². The van der Waals surface area contributed by atoms with Gasteiger partial charge in [0.1, 0.15) is 0 Å². The third kappa shape index (κ3) is 4.76. The van der Waals surface area contributed by atoms with E-state index in [1.54, 1.807) is 6.08 Å². The molecule has 0 fully saturated rings. The molecule has 0 saturated heterocycles. The highest BCUT2D eigenvalue weighted by molar-refractivity contribution is 7.80. The van der Waals surface area contributed by atoms with Crippen LogP contribution in [0.4, 0.5) is 11.4 Å². The average Bonchev–Trinajstić information content (AvgIpc) is 2.99. The van der Waals surface area contributed by atoms with Gasteiger partial charge in [0.2, 0.25) is 5.91 Å². The summed E-state index contributed by atoms with van der Waals surface area (Å²) in [5.74, 6) is -0.354. The summed E-state index contributed by atoms with van der Waals surface area (Å²) in [5.41, 5.74) is 0.539. The number of anilines is 1. The SMILES string of the molecule is O=C(C=Cc1cccs1)NC(=S)Nc1ccc([N+](=O)[O-])cc1. The van der Waals surface area contributed by atoms with Gasteiger partial charge in [0.25, 0.3) is 5.69 Å². The number of non-ortho nitro benzene ring substituents is 1. The summed E-state index contributed by atoms with van der Waals surface area (Å²) in [6.45, 7) is 0. The van der Waals surface area contributed by atoms with Crippen molar-refractivity contribution in [1.29, 1.82) is 0 Å². The fourth-order valence-corrected chi connectivity index (χ4v) is 2.36. The number of benzene rings is 1. The number of rotatable bonds is 4. The first kappa shape index (κ1) is 15.8. The lowest BCUT2D eigenvalue weighted by atomic mass is 10.3. The van der Waals surface area contributed by atoms with E-state index in [0.29, 0.717) is 5.69 Å². The number of nitro benzene ring substituents is 1. The summed E-state index contributed by atoms with van der Waals surface area (Å²) in [4.78, 5) is 22.7. The number of nitro groups is 1. The molecule has 0 saturated carbocycles. The lowest BCUT2D eigenvalue weighted by molar-refractivity contribution is -0.384. The topological polar surface area (TPSA) is 84.3 Å². The summed E-state index contributed by atoms with van der Waals surface area (Å²) >= 11 is 6.52. The minimum Gasteiger partial charge on any atom is -0.332 e. The summed E-state index contributed by atoms with van der Waals surface area (Å²) in [5, 5.41) is 17.9. The number of nitrogens with one attached hydrogen (secondary N) is 2. The minimum absolute atomic E-state index is 0.0145. The quantitative estimate of drug-likeness (QED) is 0.388. The fourth-order valence-electron chi connectivity index (χ4n) is 1.53. The zero-order valence-corrected chi connectivity index (χ0v) is 12.8. The molecule has 1 aromatic heterocycles. The van der Waals surface area contributed by atoms with E-state index in [9.17, 15) is 14.9 Å². The van der Waals surface area contributed by atoms with Gasteiger partial charge in [-0.15, -0.1) is 11.3 Å². The number of hydrogen-bond acceptors (Lipinski definition) is 5. The first-order valence-electron chi connectivity index (χ1n) is 6.12. The van der Waals surface area contributed by atoms with Crippen LogP contribution in [0.5, 0.6) is 0 Å². The van der Waals surface area contributed by atoms with Crippen LogP contribution in [0.3, 0.4) is 0 Å². The molecule has 1 amide bonds. The highest BCUT2D eigenvalue weighted by atomic mass is 32.1. The van der Waals surface area contributed by atoms with Gasteiger partial charge in [-0.3, -0.25) is 20.2 Å². The maximum Gasteiger partial charge on any atom is 0.269 e. The van der Waals surface area contributed by atoms with Gasteiger partial charge in [0, 0.05) is 28.8 Å². The maximum atomic E-state index is 11.7. The van der Waals surface area contributed by atoms with Gasteiger partial charge < -0.3 is 5.32 Å². The molecule has 8 heteroatoms. The molecule has 0 radical (unpaired) electrons. The monoisotopic (exact) mass is 333 g/mol. The van der Waals surface area contributed by atoms with Crippen molar-refractivity contribution < 1.29 is 9.72 Å². The average molecular weight is 333 g/mol. The number of thiocarbonyl (C=S) groups is 1. The van der Waals surface area contributed by atoms with Crippen molar-refractivity contribution in [1.82, 2.24) is 5.32 Å². The van der Waals surface area contributed by atoms with Gasteiger partial charge in [-0.25, -0.2) is 0 Å². The third-order valence-electron chi connectivity index (χ3n) is 2.51. The zero-order chi connectivity index (χ0) is 15.9. The van der Waals surface area contributed by atoms with Crippen molar-refractivity contribution in [2.24, 2.45) is 0 Å². The summed E-state index contributed by atoms with van der Waals surface area (Å²) < 4.78 is 0. The van der Waals surface area contributed by atoms with Crippen molar-refractivity contribution >= 4 is 52.0 Å². The molecule has 1 heterocycles. The van der Waals surface area contributed by atoms with Crippen molar-refractivity contribution in [3.05, 3.63) is 62.8 Å². The van der Waals surface area contributed by atoms with Gasteiger partial charge in [-0.05, 0) is 41.9 Å². The van der Waals surface area contributed by atoms with Gasteiger partial charge >= 0.3 is 0 Å². The largest absolute Gasteiger partial charge is 0.332 e. The van der Waals surface area contributed by atoms with Crippen LogP contribution in [0.2, 0.25) is 0 Å². The molecule has 0 aliphatic heterocycles. The van der Waals surface area contributed by atoms with Crippen LogP contribution in [-0.4, -0.2) is 15.9 Å². The predicted octanol–water partition coefficient (Wildman–Crippen LogP) is 3.18. The number of amides is 1. The molecule has 112 valence electrons. The molecule has 0 aliphatic carbocycles. The van der Waals surface area contributed by atoms with Gasteiger partial charge in [-0.1, -0.05) is 6.07 Å². The van der Waals surface area contributed by atoms with E-state index < -0.39 is 4.92 Å². The molecule has 2 aromatic rings. The summed E-state index contributed by atoms with van der Waals surface area (Å²) in [7, 11) is 0. The van der Waals surface area contributed by atoms with E-state index in [-0.39, 0.29) is 16.7 Å². The Kier molecular flexibility index (Phi) is 5.34. The molecular formula is C14H11N3O3S2. The normalized spacial score (nSPS) is 10.4. The molecule has 0 bridgehead atoms. The van der Waals surface area contributed by atoms with Crippen molar-refractivity contribution in [2.75, 3.05) is 5.32 Å². The maximum absolute atomic E-state index is 11.7. The molecule has 22 heavy (non-hydrogen) atoms. The Bertz CT molecular complexity index is 709. The van der Waals surface area contributed by atoms with Crippen LogP contribution in [0.1, 0.15) is 4.88 Å². The highest BCUT2D eigenvalue weighted by Gasteiger charge is 2.05. The van der Waals surface area contributed by atoms with Crippen LogP contribution in [0.15, 0.2) is 47.9 Å². The van der Waals surface area contributed by atoms with Gasteiger partial charge in [-0.2, -0.15) is 0 Å². The van der Waals surface area contributed by atoms with Crippen LogP contribution >= 0.6 is 23.6 Å². The van der Waals surface area contributed by atoms with Gasteiger partial charge in [0.15, 0.2) is 5.11 Å². The van der Waals surface area contributed by atoms with Crippen molar-refractivity contribution in [3.63, 3.8) is 0 Å². The molecule has 6 nitrogen and oxygen atoms in total. The lowest BCUT2D eigenvalue weighted by Crippen LogP contribution is -2.32. The molecular weight excluding hydrogens is 322 g/mol. The second-order valence-electron chi connectivity index (χ2n) is 4.10. The Morgan fingerprint density at radius 2 is 2.00 bits per heavy atom. The standard InChI is InChI=1S/C14H11N3O3S2/c18-13(8-7-12-2-1-9-22-12)16-14(21)15-10-3-5-11(6-4-10)17(19)20/h1-9H,(H2,15,16,18,21). The Labute approximate surface area is 135 Å². The van der Waals surface area contributed by atoms with Crippen LogP contribution in [0, 0.1) is 10.1 Å². The Hall–Kier alpha value is -2.58. The van der Waals surface area contributed by atoms with Crippen LogP contribution in [0.25, 0.3) is 6.08 Å². The smallest absolute Gasteiger partial charge is 0.269 e.